The van der Waals surface area contributed by atoms with Crippen LogP contribution >= 0.6 is 11.8 Å². The van der Waals surface area contributed by atoms with Crippen LogP contribution in [-0.4, -0.2) is 27.8 Å². The maximum atomic E-state index is 6.04. The molecule has 2 aromatic rings. The highest BCUT2D eigenvalue weighted by Gasteiger charge is 2.17. The molecule has 3 nitrogen and oxygen atoms in total. The standard InChI is InChI=1S/C14H16N2OS/c1-10-12-4-2-3-5-13(12)14(16-15-10)17-11-6-8-18-9-7-11/h2-5,11H,6-9H2,1H3. The molecule has 4 heteroatoms. The molecule has 2 heterocycles. The first kappa shape index (κ1) is 11.8. The molecule has 3 rings (SSSR count). The van der Waals surface area contributed by atoms with E-state index in [1.807, 2.05) is 30.8 Å². The van der Waals surface area contributed by atoms with Crippen molar-refractivity contribution < 1.29 is 4.74 Å². The fraction of sp³-hybridized carbons (Fsp3) is 0.429. The Morgan fingerprint density at radius 1 is 1.11 bits per heavy atom. The summed E-state index contributed by atoms with van der Waals surface area (Å²) in [5.41, 5.74) is 0.956. The highest BCUT2D eigenvalue weighted by atomic mass is 32.2. The van der Waals surface area contributed by atoms with Crippen LogP contribution in [0.5, 0.6) is 5.88 Å². The van der Waals surface area contributed by atoms with Crippen LogP contribution < -0.4 is 4.74 Å². The number of aromatic nitrogens is 2. The molecule has 0 N–H and O–H groups in total. The van der Waals surface area contributed by atoms with Crippen molar-refractivity contribution in [1.82, 2.24) is 10.2 Å². The molecule has 0 aliphatic carbocycles. The van der Waals surface area contributed by atoms with Crippen LogP contribution in [0.3, 0.4) is 0 Å². The monoisotopic (exact) mass is 260 g/mol. The summed E-state index contributed by atoms with van der Waals surface area (Å²) in [6.07, 6.45) is 2.51. The van der Waals surface area contributed by atoms with Gasteiger partial charge >= 0.3 is 0 Å². The lowest BCUT2D eigenvalue weighted by atomic mass is 10.1. The van der Waals surface area contributed by atoms with Crippen molar-refractivity contribution in [2.45, 2.75) is 25.9 Å². The van der Waals surface area contributed by atoms with Crippen molar-refractivity contribution in [3.05, 3.63) is 30.0 Å². The Hall–Kier alpha value is -1.29. The summed E-state index contributed by atoms with van der Waals surface area (Å²) in [6.45, 7) is 1.98. The molecule has 0 atom stereocenters. The van der Waals surface area contributed by atoms with Crippen LogP contribution in [-0.2, 0) is 0 Å². The molecule has 1 aromatic heterocycles. The first-order chi connectivity index (χ1) is 8.84. The Kier molecular flexibility index (Phi) is 3.37. The average molecular weight is 260 g/mol. The smallest absolute Gasteiger partial charge is 0.241 e. The zero-order valence-electron chi connectivity index (χ0n) is 10.4. The lowest BCUT2D eigenvalue weighted by molar-refractivity contribution is 0.185. The molecule has 0 bridgehead atoms. The maximum absolute atomic E-state index is 6.04. The van der Waals surface area contributed by atoms with Crippen LogP contribution in [0.1, 0.15) is 18.5 Å². The number of fused-ring (bicyclic) bond motifs is 1. The molecule has 0 saturated carbocycles. The lowest BCUT2D eigenvalue weighted by Gasteiger charge is -2.22. The van der Waals surface area contributed by atoms with Crippen LogP contribution in [0.4, 0.5) is 0 Å². The third kappa shape index (κ3) is 2.29. The molecular weight excluding hydrogens is 244 g/mol. The number of aryl methyl sites for hydroxylation is 1. The SMILES string of the molecule is Cc1nnc(OC2CCSCC2)c2ccccc12. The van der Waals surface area contributed by atoms with Gasteiger partial charge in [0.05, 0.1) is 5.69 Å². The number of ether oxygens (including phenoxy) is 1. The molecule has 0 spiro atoms. The molecule has 1 aliphatic heterocycles. The molecule has 1 saturated heterocycles. The quantitative estimate of drug-likeness (QED) is 0.830. The second kappa shape index (κ2) is 5.14. The summed E-state index contributed by atoms with van der Waals surface area (Å²) >= 11 is 2.00. The van der Waals surface area contributed by atoms with Crippen molar-refractivity contribution >= 4 is 22.5 Å². The molecule has 18 heavy (non-hydrogen) atoms. The van der Waals surface area contributed by atoms with E-state index in [2.05, 4.69) is 22.3 Å². The summed E-state index contributed by atoms with van der Waals surface area (Å²) in [7, 11) is 0. The van der Waals surface area contributed by atoms with E-state index in [0.717, 1.165) is 29.3 Å². The maximum Gasteiger partial charge on any atom is 0.241 e. The number of nitrogens with zero attached hydrogens (tertiary/aromatic N) is 2. The van der Waals surface area contributed by atoms with E-state index in [4.69, 9.17) is 4.74 Å². The van der Waals surface area contributed by atoms with Crippen molar-refractivity contribution in [2.24, 2.45) is 0 Å². The third-order valence-electron chi connectivity index (χ3n) is 3.28. The van der Waals surface area contributed by atoms with Crippen molar-refractivity contribution in [1.29, 1.82) is 0 Å². The molecule has 94 valence electrons. The Bertz CT molecular complexity index is 552. The van der Waals surface area contributed by atoms with E-state index in [1.54, 1.807) is 0 Å². The Morgan fingerprint density at radius 2 is 1.83 bits per heavy atom. The number of hydrogen-bond acceptors (Lipinski definition) is 4. The topological polar surface area (TPSA) is 35.0 Å². The fourth-order valence-electron chi connectivity index (χ4n) is 2.25. The van der Waals surface area contributed by atoms with Gasteiger partial charge in [-0.25, -0.2) is 0 Å². The summed E-state index contributed by atoms with van der Waals surface area (Å²) in [5, 5.41) is 10.6. The van der Waals surface area contributed by atoms with Gasteiger partial charge in [0.25, 0.3) is 0 Å². The minimum Gasteiger partial charge on any atom is -0.473 e. The van der Waals surface area contributed by atoms with Crippen LogP contribution in [0.25, 0.3) is 10.8 Å². The van der Waals surface area contributed by atoms with Crippen molar-refractivity contribution in [2.75, 3.05) is 11.5 Å². The Morgan fingerprint density at radius 3 is 2.61 bits per heavy atom. The highest BCUT2D eigenvalue weighted by Crippen LogP contribution is 2.27. The molecule has 1 fully saturated rings. The summed E-state index contributed by atoms with van der Waals surface area (Å²) in [5.74, 6) is 3.05. The van der Waals surface area contributed by atoms with Crippen LogP contribution in [0, 0.1) is 6.92 Å². The first-order valence-electron chi connectivity index (χ1n) is 6.31. The van der Waals surface area contributed by atoms with E-state index in [9.17, 15) is 0 Å². The van der Waals surface area contributed by atoms with Gasteiger partial charge in [0.15, 0.2) is 0 Å². The number of benzene rings is 1. The van der Waals surface area contributed by atoms with Gasteiger partial charge < -0.3 is 4.74 Å². The zero-order chi connectivity index (χ0) is 12.4. The predicted octanol–water partition coefficient (Wildman–Crippen LogP) is 3.21. The van der Waals surface area contributed by atoms with Gasteiger partial charge in [-0.1, -0.05) is 18.2 Å². The van der Waals surface area contributed by atoms with Gasteiger partial charge in [-0.3, -0.25) is 0 Å². The van der Waals surface area contributed by atoms with Crippen LogP contribution in [0.15, 0.2) is 24.3 Å². The summed E-state index contributed by atoms with van der Waals surface area (Å²) < 4.78 is 6.04. The van der Waals surface area contributed by atoms with Gasteiger partial charge in [-0.15, -0.1) is 5.10 Å². The van der Waals surface area contributed by atoms with Crippen molar-refractivity contribution in [3.8, 4) is 5.88 Å². The van der Waals surface area contributed by atoms with E-state index >= 15 is 0 Å². The molecule has 0 radical (unpaired) electrons. The summed E-state index contributed by atoms with van der Waals surface area (Å²) in [4.78, 5) is 0. The Balaban J connectivity index is 1.94. The average Bonchev–Trinajstić information content (AvgIpc) is 2.44. The number of hydrogen-bond donors (Lipinski definition) is 0. The van der Waals surface area contributed by atoms with Crippen molar-refractivity contribution in [3.63, 3.8) is 0 Å². The molecule has 1 aromatic carbocycles. The third-order valence-corrected chi connectivity index (χ3v) is 4.33. The van der Waals surface area contributed by atoms with Crippen LogP contribution in [0.2, 0.25) is 0 Å². The van der Waals surface area contributed by atoms with Gasteiger partial charge in [0.2, 0.25) is 5.88 Å². The van der Waals surface area contributed by atoms with E-state index < -0.39 is 0 Å². The Labute approximate surface area is 111 Å². The largest absolute Gasteiger partial charge is 0.473 e. The minimum atomic E-state index is 0.298. The normalized spacial score (nSPS) is 16.9. The molecule has 1 aliphatic rings. The summed E-state index contributed by atoms with van der Waals surface area (Å²) in [6, 6.07) is 8.18. The second-order valence-electron chi connectivity index (χ2n) is 4.57. The van der Waals surface area contributed by atoms with E-state index in [-0.39, 0.29) is 0 Å². The van der Waals surface area contributed by atoms with E-state index in [0.29, 0.717) is 12.0 Å². The number of thioether (sulfide) groups is 1. The fourth-order valence-corrected chi connectivity index (χ4v) is 3.32. The zero-order valence-corrected chi connectivity index (χ0v) is 11.2. The van der Waals surface area contributed by atoms with Gasteiger partial charge in [0, 0.05) is 10.8 Å². The van der Waals surface area contributed by atoms with E-state index in [1.165, 1.54) is 11.5 Å². The minimum absolute atomic E-state index is 0.298. The molecular formula is C14H16N2OS. The van der Waals surface area contributed by atoms with Gasteiger partial charge in [-0.05, 0) is 37.3 Å². The predicted molar refractivity (Wildman–Crippen MR) is 75.3 cm³/mol. The highest BCUT2D eigenvalue weighted by molar-refractivity contribution is 7.99. The van der Waals surface area contributed by atoms with Gasteiger partial charge in [0.1, 0.15) is 6.10 Å². The molecule has 0 unspecified atom stereocenters. The number of rotatable bonds is 2. The first-order valence-corrected chi connectivity index (χ1v) is 7.46. The molecule has 0 amide bonds. The van der Waals surface area contributed by atoms with Gasteiger partial charge in [-0.2, -0.15) is 16.9 Å². The second-order valence-corrected chi connectivity index (χ2v) is 5.79. The lowest BCUT2D eigenvalue weighted by Crippen LogP contribution is -2.22.